The van der Waals surface area contributed by atoms with Gasteiger partial charge in [-0.2, -0.15) is 4.39 Å². The zero-order chi connectivity index (χ0) is 14.9. The molecule has 1 saturated carbocycles. The lowest BCUT2D eigenvalue weighted by Crippen LogP contribution is -2.31. The smallest absolute Gasteiger partial charge is 0.254 e. The number of carbonyl (C=O) groups excluding carboxylic acids is 1. The third kappa shape index (κ3) is 2.85. The number of halogens is 4. The fourth-order valence-corrected chi connectivity index (χ4v) is 2.41. The number of carbonyl (C=O) groups is 1. The minimum absolute atomic E-state index is 0.0749. The molecule has 0 aliphatic heterocycles. The summed E-state index contributed by atoms with van der Waals surface area (Å²) in [7, 11) is 0. The Morgan fingerprint density at radius 3 is 2.55 bits per heavy atom. The van der Waals surface area contributed by atoms with Crippen LogP contribution in [0.1, 0.15) is 29.6 Å². The summed E-state index contributed by atoms with van der Waals surface area (Å²) in [5.74, 6) is -6.58. The zero-order valence-corrected chi connectivity index (χ0v) is 11.2. The standard InChI is InChI=1S/C13H13ClF3NO2/c14-4-3-13(1-2-13)6-18-12(20)7-5-8(15)10(17)11(19)9(7)16/h5,19H,1-4,6H2,(H,18,20). The average molecular weight is 308 g/mol. The van der Waals surface area contributed by atoms with E-state index in [1.54, 1.807) is 0 Å². The van der Waals surface area contributed by atoms with E-state index >= 15 is 0 Å². The number of nitrogens with one attached hydrogen (secondary N) is 1. The van der Waals surface area contributed by atoms with E-state index in [9.17, 15) is 18.0 Å². The Kier molecular flexibility index (Phi) is 4.13. The first-order valence-corrected chi connectivity index (χ1v) is 6.64. The van der Waals surface area contributed by atoms with Crippen LogP contribution in [-0.2, 0) is 0 Å². The molecule has 0 atom stereocenters. The summed E-state index contributed by atoms with van der Waals surface area (Å²) in [6.07, 6.45) is 2.54. The van der Waals surface area contributed by atoms with Crippen molar-refractivity contribution in [2.45, 2.75) is 19.3 Å². The second-order valence-corrected chi connectivity index (χ2v) is 5.38. The molecule has 0 bridgehead atoms. The van der Waals surface area contributed by atoms with Crippen molar-refractivity contribution in [2.75, 3.05) is 12.4 Å². The summed E-state index contributed by atoms with van der Waals surface area (Å²) in [6.45, 7) is 0.289. The van der Waals surface area contributed by atoms with Crippen LogP contribution >= 0.6 is 11.6 Å². The Balaban J connectivity index is 2.10. The van der Waals surface area contributed by atoms with Crippen LogP contribution in [0.15, 0.2) is 6.07 Å². The van der Waals surface area contributed by atoms with Gasteiger partial charge in [0.15, 0.2) is 17.4 Å². The number of alkyl halides is 1. The number of phenols is 1. The molecular weight excluding hydrogens is 295 g/mol. The fraction of sp³-hybridized carbons (Fsp3) is 0.462. The molecule has 2 N–H and O–H groups in total. The molecule has 0 unspecified atom stereocenters. The molecule has 110 valence electrons. The molecule has 3 nitrogen and oxygen atoms in total. The Morgan fingerprint density at radius 2 is 2.00 bits per heavy atom. The first kappa shape index (κ1) is 15.0. The minimum atomic E-state index is -1.71. The average Bonchev–Trinajstić information content (AvgIpc) is 3.18. The molecular formula is C13H13ClF3NO2. The number of hydrogen-bond donors (Lipinski definition) is 2. The Morgan fingerprint density at radius 1 is 1.35 bits per heavy atom. The highest BCUT2D eigenvalue weighted by atomic mass is 35.5. The summed E-state index contributed by atoms with van der Waals surface area (Å²) in [5.41, 5.74) is -0.794. The van der Waals surface area contributed by atoms with Crippen LogP contribution in [0.3, 0.4) is 0 Å². The molecule has 1 amide bonds. The third-order valence-electron chi connectivity index (χ3n) is 3.58. The Labute approximate surface area is 118 Å². The molecule has 0 spiro atoms. The van der Waals surface area contributed by atoms with Crippen molar-refractivity contribution in [3.05, 3.63) is 29.1 Å². The van der Waals surface area contributed by atoms with E-state index < -0.39 is 34.7 Å². The quantitative estimate of drug-likeness (QED) is 0.649. The number of phenolic OH excluding ortho intramolecular Hbond substituents is 1. The molecule has 20 heavy (non-hydrogen) atoms. The molecule has 7 heteroatoms. The van der Waals surface area contributed by atoms with Crippen LogP contribution in [-0.4, -0.2) is 23.4 Å². The predicted molar refractivity (Wildman–Crippen MR) is 67.3 cm³/mol. The van der Waals surface area contributed by atoms with Gasteiger partial charge in [-0.1, -0.05) is 0 Å². The van der Waals surface area contributed by atoms with Gasteiger partial charge in [-0.05, 0) is 30.7 Å². The van der Waals surface area contributed by atoms with Crippen molar-refractivity contribution in [1.29, 1.82) is 0 Å². The van der Waals surface area contributed by atoms with Crippen molar-refractivity contribution < 1.29 is 23.1 Å². The lowest BCUT2D eigenvalue weighted by Gasteiger charge is -2.15. The molecule has 1 aromatic rings. The fourth-order valence-electron chi connectivity index (χ4n) is 2.01. The Bertz CT molecular complexity index is 547. The number of rotatable bonds is 5. The lowest BCUT2D eigenvalue weighted by atomic mass is 10.0. The largest absolute Gasteiger partial charge is 0.503 e. The monoisotopic (exact) mass is 307 g/mol. The topological polar surface area (TPSA) is 49.3 Å². The summed E-state index contributed by atoms with van der Waals surface area (Å²) in [5, 5.41) is 11.5. The van der Waals surface area contributed by atoms with Crippen LogP contribution in [0, 0.1) is 22.9 Å². The summed E-state index contributed by atoms with van der Waals surface area (Å²) < 4.78 is 39.5. The summed E-state index contributed by atoms with van der Waals surface area (Å²) in [4.78, 5) is 11.8. The maximum Gasteiger partial charge on any atom is 0.254 e. The molecule has 1 aliphatic rings. The van der Waals surface area contributed by atoms with Gasteiger partial charge in [0.2, 0.25) is 5.82 Å². The molecule has 2 rings (SSSR count). The van der Waals surface area contributed by atoms with E-state index in [4.69, 9.17) is 16.7 Å². The summed E-state index contributed by atoms with van der Waals surface area (Å²) in [6, 6.07) is 0.431. The van der Waals surface area contributed by atoms with Gasteiger partial charge in [0.05, 0.1) is 5.56 Å². The number of aromatic hydroxyl groups is 1. The van der Waals surface area contributed by atoms with E-state index in [1.807, 2.05) is 0 Å². The molecule has 1 fully saturated rings. The SMILES string of the molecule is O=C(NCC1(CCCl)CC1)c1cc(F)c(F)c(O)c1F. The highest BCUT2D eigenvalue weighted by Gasteiger charge is 2.42. The van der Waals surface area contributed by atoms with Gasteiger partial charge in [-0.25, -0.2) is 8.78 Å². The van der Waals surface area contributed by atoms with Crippen LogP contribution in [0.25, 0.3) is 0 Å². The summed E-state index contributed by atoms with van der Waals surface area (Å²) >= 11 is 5.65. The van der Waals surface area contributed by atoms with Crippen molar-refractivity contribution in [1.82, 2.24) is 5.32 Å². The van der Waals surface area contributed by atoms with Crippen molar-refractivity contribution in [2.24, 2.45) is 5.41 Å². The van der Waals surface area contributed by atoms with Gasteiger partial charge in [0, 0.05) is 12.4 Å². The second-order valence-electron chi connectivity index (χ2n) is 5.00. The molecule has 1 aromatic carbocycles. The normalized spacial score (nSPS) is 16.0. The minimum Gasteiger partial charge on any atom is -0.503 e. The molecule has 1 aliphatic carbocycles. The highest BCUT2D eigenvalue weighted by Crippen LogP contribution is 2.48. The van der Waals surface area contributed by atoms with Crippen molar-refractivity contribution >= 4 is 17.5 Å². The van der Waals surface area contributed by atoms with E-state index in [2.05, 4.69) is 5.32 Å². The maximum atomic E-state index is 13.5. The van der Waals surface area contributed by atoms with Crippen LogP contribution in [0.2, 0.25) is 0 Å². The molecule has 0 saturated heterocycles. The predicted octanol–water partition coefficient (Wildman–Crippen LogP) is 2.95. The van der Waals surface area contributed by atoms with Gasteiger partial charge in [0.1, 0.15) is 0 Å². The van der Waals surface area contributed by atoms with Crippen molar-refractivity contribution in [3.63, 3.8) is 0 Å². The second kappa shape index (κ2) is 5.52. The van der Waals surface area contributed by atoms with Gasteiger partial charge >= 0.3 is 0 Å². The highest BCUT2D eigenvalue weighted by molar-refractivity contribution is 6.17. The molecule has 0 aromatic heterocycles. The van der Waals surface area contributed by atoms with E-state index in [-0.39, 0.29) is 12.0 Å². The van der Waals surface area contributed by atoms with Crippen molar-refractivity contribution in [3.8, 4) is 5.75 Å². The Hall–Kier alpha value is -1.43. The first-order chi connectivity index (χ1) is 9.40. The number of hydrogen-bond acceptors (Lipinski definition) is 2. The lowest BCUT2D eigenvalue weighted by molar-refractivity contribution is 0.0938. The zero-order valence-electron chi connectivity index (χ0n) is 10.5. The van der Waals surface area contributed by atoms with Crippen LogP contribution in [0.4, 0.5) is 13.2 Å². The first-order valence-electron chi connectivity index (χ1n) is 6.11. The van der Waals surface area contributed by atoms with Gasteiger partial charge in [-0.3, -0.25) is 4.79 Å². The number of amides is 1. The van der Waals surface area contributed by atoms with E-state index in [1.165, 1.54) is 0 Å². The molecule has 0 heterocycles. The van der Waals surface area contributed by atoms with Gasteiger partial charge in [0.25, 0.3) is 5.91 Å². The van der Waals surface area contributed by atoms with Gasteiger partial charge < -0.3 is 10.4 Å². The third-order valence-corrected chi connectivity index (χ3v) is 3.77. The van der Waals surface area contributed by atoms with E-state index in [0.717, 1.165) is 19.3 Å². The van der Waals surface area contributed by atoms with Gasteiger partial charge in [-0.15, -0.1) is 11.6 Å². The number of benzene rings is 1. The molecule has 0 radical (unpaired) electrons. The maximum absolute atomic E-state index is 13.5. The van der Waals surface area contributed by atoms with E-state index in [0.29, 0.717) is 11.9 Å². The van der Waals surface area contributed by atoms with Crippen LogP contribution < -0.4 is 5.32 Å². The van der Waals surface area contributed by atoms with Crippen LogP contribution in [0.5, 0.6) is 5.75 Å².